The second-order valence-corrected chi connectivity index (χ2v) is 11.7. The van der Waals surface area contributed by atoms with Gasteiger partial charge in [-0.15, -0.1) is 0 Å². The zero-order valence-electron chi connectivity index (χ0n) is 24.2. The summed E-state index contributed by atoms with van der Waals surface area (Å²) >= 11 is 0. The number of nitrogens with one attached hydrogen (secondary N) is 1. The Kier molecular flexibility index (Phi) is 9.85. The second-order valence-electron chi connectivity index (χ2n) is 11.7. The Labute approximate surface area is 294 Å². The summed E-state index contributed by atoms with van der Waals surface area (Å²) in [5.74, 6) is -0.429. The van der Waals surface area contributed by atoms with E-state index in [1.807, 2.05) is 19.1 Å². The monoisotopic (exact) mass is 628 g/mol. The van der Waals surface area contributed by atoms with Crippen LogP contribution in [0.4, 0.5) is 4.39 Å². The summed E-state index contributed by atoms with van der Waals surface area (Å²) in [5.41, 5.74) is 2.27. The van der Waals surface area contributed by atoms with Gasteiger partial charge in [0.1, 0.15) is 12.1 Å². The Hall–Kier alpha value is -2.78. The molecule has 2 aromatic carbocycles. The van der Waals surface area contributed by atoms with Crippen LogP contribution in [0.1, 0.15) is 62.9 Å². The average Bonchev–Trinajstić information content (AvgIpc) is 3.61. The van der Waals surface area contributed by atoms with Gasteiger partial charge in [-0.1, -0.05) is 54.9 Å². The molecule has 2 N–H and O–H groups in total. The van der Waals surface area contributed by atoms with Crippen LogP contribution in [-0.2, 0) is 17.6 Å². The van der Waals surface area contributed by atoms with E-state index in [9.17, 15) is 14.7 Å². The van der Waals surface area contributed by atoms with E-state index in [1.165, 1.54) is 12.4 Å². The van der Waals surface area contributed by atoms with Crippen molar-refractivity contribution in [2.45, 2.75) is 70.6 Å². The molecule has 0 spiro atoms. The standard InChI is InChI=1S/C31H33FN6O5.K.H/c1-4-7-26-24(28(39)37(29-33-17-34-38(26)29)20-14-21(15-20)42-16-31(2,3)41)12-19-11-10-18(13-25(19)32)22-8-5-6-9-23(22)27-35-30(40)43-36-27;;/h5-6,8-11,13,17,20-21,41H,4,7,12,14-16H2,1-3H3,(H,35,36,40);;. The summed E-state index contributed by atoms with van der Waals surface area (Å²) in [6, 6.07) is 11.9. The molecule has 0 radical (unpaired) electrons. The first-order valence-corrected chi connectivity index (χ1v) is 14.4. The number of aliphatic hydroxyl groups is 1. The summed E-state index contributed by atoms with van der Waals surface area (Å²) in [5, 5.41) is 18.2. The van der Waals surface area contributed by atoms with Crippen LogP contribution in [0.3, 0.4) is 0 Å². The van der Waals surface area contributed by atoms with Crippen molar-refractivity contribution in [1.29, 1.82) is 0 Å². The maximum atomic E-state index is 15.8. The zero-order chi connectivity index (χ0) is 30.3. The Morgan fingerprint density at radius 3 is 2.57 bits per heavy atom. The molecule has 0 amide bonds. The molecule has 0 unspecified atom stereocenters. The summed E-state index contributed by atoms with van der Waals surface area (Å²) in [7, 11) is 0. The summed E-state index contributed by atoms with van der Waals surface area (Å²) in [4.78, 5) is 32.5. The summed E-state index contributed by atoms with van der Waals surface area (Å²) < 4.78 is 29.6. The van der Waals surface area contributed by atoms with Gasteiger partial charge in [0.15, 0.2) is 5.82 Å². The molecule has 0 saturated heterocycles. The molecule has 5 aromatic rings. The number of H-pyrrole nitrogens is 1. The van der Waals surface area contributed by atoms with Crippen LogP contribution in [-0.4, -0.2) is 104 Å². The van der Waals surface area contributed by atoms with Crippen LogP contribution in [0.5, 0.6) is 0 Å². The van der Waals surface area contributed by atoms with E-state index in [4.69, 9.17) is 4.74 Å². The number of nitrogens with zero attached hydrogens (tertiary/aromatic N) is 5. The quantitative estimate of drug-likeness (QED) is 0.224. The first-order chi connectivity index (χ1) is 20.6. The van der Waals surface area contributed by atoms with Gasteiger partial charge < -0.3 is 9.84 Å². The van der Waals surface area contributed by atoms with E-state index >= 15 is 4.39 Å². The van der Waals surface area contributed by atoms with E-state index in [1.54, 1.807) is 47.2 Å². The van der Waals surface area contributed by atoms with E-state index in [0.29, 0.717) is 58.6 Å². The van der Waals surface area contributed by atoms with Crippen molar-refractivity contribution in [1.82, 2.24) is 29.3 Å². The third-order valence-electron chi connectivity index (χ3n) is 7.77. The molecule has 11 nitrogen and oxygen atoms in total. The van der Waals surface area contributed by atoms with E-state index in [0.717, 1.165) is 6.42 Å². The maximum absolute atomic E-state index is 15.8. The van der Waals surface area contributed by atoms with E-state index in [-0.39, 0.29) is 87.9 Å². The van der Waals surface area contributed by atoms with Crippen molar-refractivity contribution in [3.05, 3.63) is 92.3 Å². The minimum atomic E-state index is -0.937. The third kappa shape index (κ3) is 6.59. The molecule has 1 fully saturated rings. The molecule has 1 aliphatic carbocycles. The number of ether oxygens (including phenoxy) is 1. The molecule has 226 valence electrons. The van der Waals surface area contributed by atoms with Gasteiger partial charge in [0.25, 0.3) is 5.56 Å². The molecule has 0 atom stereocenters. The van der Waals surface area contributed by atoms with Crippen molar-refractivity contribution in [3.63, 3.8) is 0 Å². The molecule has 44 heavy (non-hydrogen) atoms. The van der Waals surface area contributed by atoms with Crippen LogP contribution >= 0.6 is 0 Å². The van der Waals surface area contributed by atoms with Gasteiger partial charge in [0.05, 0.1) is 24.0 Å². The molecule has 6 rings (SSSR count). The number of aryl methyl sites for hydroxylation is 1. The summed E-state index contributed by atoms with van der Waals surface area (Å²) in [6.07, 6.45) is 3.99. The predicted octanol–water partition coefficient (Wildman–Crippen LogP) is 3.43. The van der Waals surface area contributed by atoms with Gasteiger partial charge >= 0.3 is 57.1 Å². The topological polar surface area (TPSA) is 141 Å². The van der Waals surface area contributed by atoms with Crippen molar-refractivity contribution in [2.24, 2.45) is 0 Å². The van der Waals surface area contributed by atoms with Crippen LogP contribution < -0.4 is 11.3 Å². The van der Waals surface area contributed by atoms with Gasteiger partial charge in [0.2, 0.25) is 5.78 Å². The third-order valence-corrected chi connectivity index (χ3v) is 7.77. The molecular formula is C31H34FKN6O5. The number of fused-ring (bicyclic) bond motifs is 1. The second kappa shape index (κ2) is 13.3. The molecule has 1 aliphatic rings. The SMILES string of the molecule is CCCc1c(Cc2ccc(-c3ccccc3-c3noc(=O)[nH]3)cc2F)c(=O)n(C2CC(OCC(C)(C)O)C2)c2ncnn12.[KH]. The van der Waals surface area contributed by atoms with E-state index in [2.05, 4.69) is 24.7 Å². The fourth-order valence-corrected chi connectivity index (χ4v) is 5.62. The minimum absolute atomic E-state index is 0. The number of hydrogen-bond donors (Lipinski definition) is 2. The van der Waals surface area contributed by atoms with E-state index < -0.39 is 17.2 Å². The molecule has 0 bridgehead atoms. The van der Waals surface area contributed by atoms with Gasteiger partial charge in [0, 0.05) is 23.6 Å². The van der Waals surface area contributed by atoms with Crippen molar-refractivity contribution >= 4 is 57.2 Å². The van der Waals surface area contributed by atoms with Gasteiger partial charge in [-0.3, -0.25) is 18.9 Å². The molecule has 0 aliphatic heterocycles. The molecular weight excluding hydrogens is 594 g/mol. The Balaban J connectivity index is 0.00000384. The average molecular weight is 629 g/mol. The van der Waals surface area contributed by atoms with Crippen LogP contribution in [0, 0.1) is 5.82 Å². The summed E-state index contributed by atoms with van der Waals surface area (Å²) in [6.45, 7) is 5.60. The molecule has 3 aromatic heterocycles. The first-order valence-electron chi connectivity index (χ1n) is 14.4. The number of benzene rings is 2. The van der Waals surface area contributed by atoms with Crippen LogP contribution in [0.25, 0.3) is 28.3 Å². The number of aromatic nitrogens is 6. The number of rotatable bonds is 10. The normalized spacial score (nSPS) is 16.6. The molecule has 3 heterocycles. The van der Waals surface area contributed by atoms with Crippen molar-refractivity contribution in [3.8, 4) is 22.5 Å². The molecule has 1 saturated carbocycles. The zero-order valence-corrected chi connectivity index (χ0v) is 24.2. The van der Waals surface area contributed by atoms with Crippen LogP contribution in [0.15, 0.2) is 62.9 Å². The number of halogens is 1. The predicted molar refractivity (Wildman–Crippen MR) is 163 cm³/mol. The molecule has 13 heteroatoms. The van der Waals surface area contributed by atoms with Crippen molar-refractivity contribution < 1.29 is 18.8 Å². The number of hydrogen-bond acceptors (Lipinski definition) is 8. The number of aromatic amines is 1. The Morgan fingerprint density at radius 2 is 1.91 bits per heavy atom. The van der Waals surface area contributed by atoms with Crippen LogP contribution in [0.2, 0.25) is 0 Å². The fraction of sp³-hybridized carbons (Fsp3) is 0.387. The first kappa shape index (κ1) is 32.6. The van der Waals surface area contributed by atoms with Gasteiger partial charge in [-0.2, -0.15) is 10.1 Å². The van der Waals surface area contributed by atoms with Crippen molar-refractivity contribution in [2.75, 3.05) is 6.61 Å². The Bertz CT molecular complexity index is 1900. The Morgan fingerprint density at radius 1 is 1.16 bits per heavy atom. The fourth-order valence-electron chi connectivity index (χ4n) is 5.62. The van der Waals surface area contributed by atoms with Gasteiger partial charge in [-0.05, 0) is 55.9 Å². The van der Waals surface area contributed by atoms with Gasteiger partial charge in [-0.25, -0.2) is 13.7 Å².